The van der Waals surface area contributed by atoms with E-state index in [1.807, 2.05) is 31.3 Å². The lowest BCUT2D eigenvalue weighted by atomic mass is 10.2. The SMILES string of the molecule is CNCCCCN1c2ccccc2N(c2ccc(F)cc2)S1(O)O.Cl. The molecule has 0 bridgehead atoms. The largest absolute Gasteiger partial charge is 0.320 e. The van der Waals surface area contributed by atoms with E-state index in [0.717, 1.165) is 30.8 Å². The van der Waals surface area contributed by atoms with Crippen LogP contribution in [0.3, 0.4) is 0 Å². The highest BCUT2D eigenvalue weighted by atomic mass is 35.5. The van der Waals surface area contributed by atoms with Crippen LogP contribution in [0.15, 0.2) is 48.5 Å². The summed E-state index contributed by atoms with van der Waals surface area (Å²) in [6, 6.07) is 13.2. The Kier molecular flexibility index (Phi) is 6.53. The van der Waals surface area contributed by atoms with E-state index < -0.39 is 11.0 Å². The highest BCUT2D eigenvalue weighted by Gasteiger charge is 2.41. The van der Waals surface area contributed by atoms with Crippen LogP contribution in [0.1, 0.15) is 12.8 Å². The van der Waals surface area contributed by atoms with Crippen molar-refractivity contribution in [3.63, 3.8) is 0 Å². The van der Waals surface area contributed by atoms with Gasteiger partial charge >= 0.3 is 0 Å². The van der Waals surface area contributed by atoms with E-state index >= 15 is 0 Å². The highest BCUT2D eigenvalue weighted by Crippen LogP contribution is 2.63. The van der Waals surface area contributed by atoms with Gasteiger partial charge in [0.05, 0.1) is 17.1 Å². The molecule has 0 aliphatic carbocycles. The lowest BCUT2D eigenvalue weighted by Gasteiger charge is -2.43. The van der Waals surface area contributed by atoms with E-state index in [9.17, 15) is 13.5 Å². The smallest absolute Gasteiger partial charge is 0.123 e. The van der Waals surface area contributed by atoms with Gasteiger partial charge in [-0.3, -0.25) is 13.4 Å². The zero-order chi connectivity index (χ0) is 17.2. The predicted molar refractivity (Wildman–Crippen MR) is 106 cm³/mol. The fourth-order valence-electron chi connectivity index (χ4n) is 2.87. The number of nitrogens with zero attached hydrogens (tertiary/aromatic N) is 2. The number of nitrogens with one attached hydrogen (secondary N) is 1. The molecule has 0 fully saturated rings. The molecule has 0 radical (unpaired) electrons. The van der Waals surface area contributed by atoms with Gasteiger partial charge in [0.1, 0.15) is 5.82 Å². The summed E-state index contributed by atoms with van der Waals surface area (Å²) in [5.41, 5.74) is 2.06. The quantitative estimate of drug-likeness (QED) is 0.622. The van der Waals surface area contributed by atoms with E-state index in [1.54, 1.807) is 16.4 Å². The van der Waals surface area contributed by atoms with Crippen molar-refractivity contribution >= 4 is 40.4 Å². The Balaban J connectivity index is 0.00000225. The third-order valence-corrected chi connectivity index (χ3v) is 5.88. The number of hydrogen-bond acceptors (Lipinski definition) is 5. The fraction of sp³-hybridized carbons (Fsp3) is 0.294. The van der Waals surface area contributed by atoms with Crippen molar-refractivity contribution in [2.45, 2.75) is 12.8 Å². The Morgan fingerprint density at radius 3 is 2.28 bits per heavy atom. The Hall–Kier alpha value is -1.51. The molecular formula is C17H23ClFN3O2S. The van der Waals surface area contributed by atoms with Crippen LogP contribution in [0.25, 0.3) is 0 Å². The van der Waals surface area contributed by atoms with Crippen LogP contribution in [0, 0.1) is 5.82 Å². The molecule has 2 aromatic rings. The lowest BCUT2D eigenvalue weighted by molar-refractivity contribution is 0.483. The van der Waals surface area contributed by atoms with Gasteiger partial charge in [-0.2, -0.15) is 0 Å². The van der Waals surface area contributed by atoms with Gasteiger partial charge in [-0.05, 0) is 73.8 Å². The lowest BCUT2D eigenvalue weighted by Crippen LogP contribution is -2.32. The van der Waals surface area contributed by atoms with Crippen molar-refractivity contribution in [1.29, 1.82) is 0 Å². The van der Waals surface area contributed by atoms with Crippen LogP contribution in [0.2, 0.25) is 0 Å². The van der Waals surface area contributed by atoms with Gasteiger partial charge in [-0.15, -0.1) is 12.4 Å². The van der Waals surface area contributed by atoms with Gasteiger partial charge in [-0.1, -0.05) is 12.1 Å². The summed E-state index contributed by atoms with van der Waals surface area (Å²) in [4.78, 5) is 0. The monoisotopic (exact) mass is 387 g/mol. The first-order valence-corrected chi connectivity index (χ1v) is 9.37. The first-order valence-electron chi connectivity index (χ1n) is 7.91. The topological polar surface area (TPSA) is 59.0 Å². The van der Waals surface area contributed by atoms with Gasteiger partial charge in [-0.25, -0.2) is 8.70 Å². The first kappa shape index (κ1) is 19.8. The van der Waals surface area contributed by atoms with Crippen LogP contribution in [0.5, 0.6) is 0 Å². The summed E-state index contributed by atoms with van der Waals surface area (Å²) in [6.07, 6.45) is 1.78. The Morgan fingerprint density at radius 2 is 1.64 bits per heavy atom. The van der Waals surface area contributed by atoms with Gasteiger partial charge in [0, 0.05) is 6.54 Å². The molecule has 1 aliphatic rings. The van der Waals surface area contributed by atoms with Crippen molar-refractivity contribution in [3.8, 4) is 0 Å². The normalized spacial score (nSPS) is 16.3. The Bertz CT molecular complexity index is 703. The van der Waals surface area contributed by atoms with E-state index in [2.05, 4.69) is 5.32 Å². The molecule has 0 amide bonds. The summed E-state index contributed by atoms with van der Waals surface area (Å²) in [5, 5.41) is 3.09. The maximum atomic E-state index is 13.2. The molecule has 3 rings (SSSR count). The number of unbranched alkanes of at least 4 members (excludes halogenated alkanes) is 1. The van der Waals surface area contributed by atoms with Crippen LogP contribution in [-0.4, -0.2) is 29.2 Å². The number of halogens is 2. The molecule has 0 saturated heterocycles. The molecule has 1 heterocycles. The first-order chi connectivity index (χ1) is 11.6. The third-order valence-electron chi connectivity index (χ3n) is 4.01. The average Bonchev–Trinajstić information content (AvgIpc) is 2.79. The highest BCUT2D eigenvalue weighted by molar-refractivity contribution is 8.27. The molecule has 2 aromatic carbocycles. The van der Waals surface area contributed by atoms with Crippen molar-refractivity contribution in [2.75, 3.05) is 28.7 Å². The van der Waals surface area contributed by atoms with Crippen molar-refractivity contribution in [1.82, 2.24) is 5.32 Å². The fourth-order valence-corrected chi connectivity index (χ4v) is 4.68. The van der Waals surface area contributed by atoms with Crippen LogP contribution in [0.4, 0.5) is 21.5 Å². The number of para-hydroxylation sites is 2. The molecule has 0 spiro atoms. The Labute approximate surface area is 155 Å². The molecule has 1 aliphatic heterocycles. The summed E-state index contributed by atoms with van der Waals surface area (Å²) < 4.78 is 38.2. The second-order valence-corrected chi connectivity index (χ2v) is 7.45. The second kappa shape index (κ2) is 8.25. The molecule has 0 unspecified atom stereocenters. The van der Waals surface area contributed by atoms with Crippen LogP contribution < -0.4 is 13.9 Å². The van der Waals surface area contributed by atoms with E-state index in [1.165, 1.54) is 16.4 Å². The molecular weight excluding hydrogens is 365 g/mol. The molecule has 3 N–H and O–H groups in total. The van der Waals surface area contributed by atoms with Crippen molar-refractivity contribution in [2.24, 2.45) is 0 Å². The van der Waals surface area contributed by atoms with Crippen molar-refractivity contribution in [3.05, 3.63) is 54.3 Å². The number of benzene rings is 2. The molecule has 0 atom stereocenters. The minimum Gasteiger partial charge on any atom is -0.320 e. The van der Waals surface area contributed by atoms with Crippen LogP contribution >= 0.6 is 23.4 Å². The molecule has 25 heavy (non-hydrogen) atoms. The standard InChI is InChI=1S/C17H22FN3O2S.ClH/c1-19-12-4-5-13-20-16-6-2-3-7-17(16)21(24(20,22)23)15-10-8-14(18)9-11-15;/h2-3,6-11,19,22-23H,4-5,12-13H2,1H3;1H. The third kappa shape index (κ3) is 3.86. The van der Waals surface area contributed by atoms with E-state index in [-0.39, 0.29) is 18.2 Å². The van der Waals surface area contributed by atoms with Gasteiger partial charge < -0.3 is 5.32 Å². The van der Waals surface area contributed by atoms with Gasteiger partial charge in [0.25, 0.3) is 0 Å². The van der Waals surface area contributed by atoms with E-state index in [4.69, 9.17) is 0 Å². The predicted octanol–water partition coefficient (Wildman–Crippen LogP) is 4.79. The Morgan fingerprint density at radius 1 is 1.00 bits per heavy atom. The molecule has 0 aromatic heterocycles. The number of fused-ring (bicyclic) bond motifs is 1. The molecule has 8 heteroatoms. The van der Waals surface area contributed by atoms with Gasteiger partial charge in [0.2, 0.25) is 0 Å². The molecule has 5 nitrogen and oxygen atoms in total. The summed E-state index contributed by atoms with van der Waals surface area (Å²) in [7, 11) is -1.32. The van der Waals surface area contributed by atoms with Crippen LogP contribution in [-0.2, 0) is 0 Å². The van der Waals surface area contributed by atoms with E-state index in [0.29, 0.717) is 12.2 Å². The zero-order valence-corrected chi connectivity index (χ0v) is 15.6. The maximum absolute atomic E-state index is 13.2. The van der Waals surface area contributed by atoms with Gasteiger partial charge in [0.15, 0.2) is 0 Å². The average molecular weight is 388 g/mol. The van der Waals surface area contributed by atoms with Crippen molar-refractivity contribution < 1.29 is 13.5 Å². The summed E-state index contributed by atoms with van der Waals surface area (Å²) >= 11 is 0. The minimum atomic E-state index is -3.22. The zero-order valence-electron chi connectivity index (χ0n) is 13.9. The minimum absolute atomic E-state index is 0. The number of anilines is 3. The number of rotatable bonds is 6. The summed E-state index contributed by atoms with van der Waals surface area (Å²) in [5.74, 6) is -0.355. The second-order valence-electron chi connectivity index (χ2n) is 5.66. The maximum Gasteiger partial charge on any atom is 0.123 e. The molecule has 0 saturated carbocycles. The molecule has 138 valence electrons. The number of hydrogen-bond donors (Lipinski definition) is 3. The summed E-state index contributed by atoms with van der Waals surface area (Å²) in [6.45, 7) is 1.43.